The second kappa shape index (κ2) is 5.78. The van der Waals surface area contributed by atoms with Crippen LogP contribution in [0.4, 0.5) is 0 Å². The number of ketones is 1. The van der Waals surface area contributed by atoms with E-state index >= 15 is 0 Å². The van der Waals surface area contributed by atoms with Gasteiger partial charge in [-0.3, -0.25) is 4.79 Å². The first kappa shape index (κ1) is 13.7. The molecule has 0 aliphatic rings. The number of carbonyl (C=O) groups is 1. The zero-order valence-electron chi connectivity index (χ0n) is 11.2. The summed E-state index contributed by atoms with van der Waals surface area (Å²) in [7, 11) is 0. The number of benzene rings is 1. The zero-order chi connectivity index (χ0) is 13.0. The lowest BCUT2D eigenvalue weighted by Crippen LogP contribution is -2.24. The van der Waals surface area contributed by atoms with Gasteiger partial charge in [-0.1, -0.05) is 12.1 Å². The Morgan fingerprint density at radius 3 is 2.24 bits per heavy atom. The molecule has 0 aliphatic heterocycles. The Balaban J connectivity index is 3.04. The lowest BCUT2D eigenvalue weighted by molar-refractivity contribution is 0.0991. The predicted molar refractivity (Wildman–Crippen MR) is 72.8 cm³/mol. The molecule has 2 nitrogen and oxygen atoms in total. The molecule has 0 spiro atoms. The summed E-state index contributed by atoms with van der Waals surface area (Å²) in [4.78, 5) is 12.2. The minimum absolute atomic E-state index is 0.161. The molecule has 0 bridgehead atoms. The maximum Gasteiger partial charge on any atom is 0.177 e. The number of aryl methyl sites for hydroxylation is 2. The van der Waals surface area contributed by atoms with Crippen LogP contribution in [0.2, 0.25) is 0 Å². The van der Waals surface area contributed by atoms with Crippen LogP contribution in [0.5, 0.6) is 0 Å². The van der Waals surface area contributed by atoms with Crippen molar-refractivity contribution in [1.29, 1.82) is 0 Å². The third-order valence-electron chi connectivity index (χ3n) is 3.22. The average molecular weight is 231 g/mol. The largest absolute Gasteiger partial charge is 0.306 e. The van der Waals surface area contributed by atoms with Crippen LogP contribution in [-0.4, -0.2) is 18.9 Å². The summed E-state index contributed by atoms with van der Waals surface area (Å²) in [5.41, 5.74) is 5.43. The molecule has 0 unspecified atom stereocenters. The van der Waals surface area contributed by atoms with Crippen molar-refractivity contribution < 1.29 is 4.79 Å². The Morgan fingerprint density at radius 2 is 1.76 bits per heavy atom. The van der Waals surface area contributed by atoms with Crippen LogP contribution in [0.3, 0.4) is 0 Å². The molecule has 0 fully saturated rings. The lowest BCUT2D eigenvalue weighted by Gasteiger charge is -2.14. The van der Waals surface area contributed by atoms with E-state index in [2.05, 4.69) is 31.8 Å². The van der Waals surface area contributed by atoms with E-state index in [1.165, 1.54) is 11.1 Å². The van der Waals surface area contributed by atoms with Crippen LogP contribution >= 0.6 is 0 Å². The monoisotopic (exact) mass is 231 g/mol. The second-order valence-electron chi connectivity index (χ2n) is 4.48. The lowest BCUT2D eigenvalue weighted by atomic mass is 9.92. The normalized spacial score (nSPS) is 10.4. The maximum atomic E-state index is 12.2. The smallest absolute Gasteiger partial charge is 0.177 e. The van der Waals surface area contributed by atoms with Gasteiger partial charge in [-0.15, -0.1) is 6.58 Å². The Bertz CT molecular complexity index is 420. The van der Waals surface area contributed by atoms with Gasteiger partial charge in [0, 0.05) is 12.1 Å². The van der Waals surface area contributed by atoms with Crippen LogP contribution in [0.25, 0.3) is 0 Å². The summed E-state index contributed by atoms with van der Waals surface area (Å²) in [5.74, 6) is 0.161. The van der Waals surface area contributed by atoms with E-state index in [4.69, 9.17) is 0 Å². The van der Waals surface area contributed by atoms with Crippen LogP contribution in [0.15, 0.2) is 18.7 Å². The van der Waals surface area contributed by atoms with E-state index in [0.29, 0.717) is 13.1 Å². The first-order valence-electron chi connectivity index (χ1n) is 5.91. The van der Waals surface area contributed by atoms with E-state index in [1.54, 1.807) is 6.08 Å². The molecule has 17 heavy (non-hydrogen) atoms. The molecule has 0 saturated carbocycles. The zero-order valence-corrected chi connectivity index (χ0v) is 11.2. The van der Waals surface area contributed by atoms with Crippen LogP contribution in [-0.2, 0) is 0 Å². The van der Waals surface area contributed by atoms with Gasteiger partial charge < -0.3 is 5.32 Å². The number of Topliss-reactive ketones (excluding diaryl/α,β-unsaturated/α-hetero) is 1. The number of rotatable bonds is 5. The fourth-order valence-corrected chi connectivity index (χ4v) is 2.01. The number of nitrogens with one attached hydrogen (secondary N) is 1. The van der Waals surface area contributed by atoms with Crippen molar-refractivity contribution in [3.8, 4) is 0 Å². The van der Waals surface area contributed by atoms with Gasteiger partial charge >= 0.3 is 0 Å². The molecule has 1 N–H and O–H groups in total. The Kier molecular flexibility index (Phi) is 4.64. The third-order valence-corrected chi connectivity index (χ3v) is 3.22. The van der Waals surface area contributed by atoms with Crippen molar-refractivity contribution in [1.82, 2.24) is 5.32 Å². The third kappa shape index (κ3) is 3.04. The topological polar surface area (TPSA) is 29.1 Å². The number of carbonyl (C=O) groups excluding carboxylic acids is 1. The van der Waals surface area contributed by atoms with E-state index in [-0.39, 0.29) is 5.78 Å². The predicted octanol–water partition coefficient (Wildman–Crippen LogP) is 2.88. The molecule has 2 heteroatoms. The van der Waals surface area contributed by atoms with Gasteiger partial charge in [0.25, 0.3) is 0 Å². The molecule has 0 radical (unpaired) electrons. The van der Waals surface area contributed by atoms with Gasteiger partial charge in [0.15, 0.2) is 5.78 Å². The molecular weight excluding hydrogens is 210 g/mol. The van der Waals surface area contributed by atoms with E-state index in [0.717, 1.165) is 16.7 Å². The van der Waals surface area contributed by atoms with Crippen molar-refractivity contribution in [2.24, 2.45) is 0 Å². The number of hydrogen-bond donors (Lipinski definition) is 1. The highest BCUT2D eigenvalue weighted by Crippen LogP contribution is 2.21. The maximum absolute atomic E-state index is 12.2. The molecule has 1 aromatic carbocycles. The van der Waals surface area contributed by atoms with Crippen molar-refractivity contribution in [3.05, 3.63) is 46.5 Å². The molecule has 0 saturated heterocycles. The van der Waals surface area contributed by atoms with Gasteiger partial charge in [0.1, 0.15) is 0 Å². The van der Waals surface area contributed by atoms with E-state index in [1.807, 2.05) is 13.8 Å². The molecule has 0 heterocycles. The van der Waals surface area contributed by atoms with Crippen LogP contribution in [0.1, 0.15) is 32.6 Å². The van der Waals surface area contributed by atoms with Gasteiger partial charge in [-0.25, -0.2) is 0 Å². The van der Waals surface area contributed by atoms with Crippen molar-refractivity contribution in [2.75, 3.05) is 13.1 Å². The summed E-state index contributed by atoms with van der Waals surface area (Å²) in [6.07, 6.45) is 1.76. The summed E-state index contributed by atoms with van der Waals surface area (Å²) < 4.78 is 0. The molecule has 0 amide bonds. The quantitative estimate of drug-likeness (QED) is 0.479. The summed E-state index contributed by atoms with van der Waals surface area (Å²) in [6.45, 7) is 12.8. The minimum Gasteiger partial charge on any atom is -0.306 e. The molecule has 0 aromatic heterocycles. The SMILES string of the molecule is C=CCNCC(=O)c1c(C)c(C)cc(C)c1C. The molecule has 1 rings (SSSR count). The highest BCUT2D eigenvalue weighted by Gasteiger charge is 2.14. The molecule has 0 aliphatic carbocycles. The Hall–Kier alpha value is -1.41. The van der Waals surface area contributed by atoms with Gasteiger partial charge in [-0.2, -0.15) is 0 Å². The Labute approximate surface area is 104 Å². The van der Waals surface area contributed by atoms with Gasteiger partial charge in [0.05, 0.1) is 6.54 Å². The van der Waals surface area contributed by atoms with Gasteiger partial charge in [-0.05, 0) is 49.9 Å². The Morgan fingerprint density at radius 1 is 1.24 bits per heavy atom. The van der Waals surface area contributed by atoms with Crippen molar-refractivity contribution in [2.45, 2.75) is 27.7 Å². The minimum atomic E-state index is 0.161. The van der Waals surface area contributed by atoms with Crippen molar-refractivity contribution >= 4 is 5.78 Å². The van der Waals surface area contributed by atoms with E-state index in [9.17, 15) is 4.79 Å². The van der Waals surface area contributed by atoms with Crippen LogP contribution in [0, 0.1) is 27.7 Å². The fraction of sp³-hybridized carbons (Fsp3) is 0.400. The first-order chi connectivity index (χ1) is 7.99. The molecule has 1 aromatic rings. The summed E-state index contributed by atoms with van der Waals surface area (Å²) in [6, 6.07) is 2.14. The van der Waals surface area contributed by atoms with Crippen LogP contribution < -0.4 is 5.32 Å². The molecular formula is C15H21NO. The summed E-state index contributed by atoms with van der Waals surface area (Å²) >= 11 is 0. The first-order valence-corrected chi connectivity index (χ1v) is 5.91. The number of hydrogen-bond acceptors (Lipinski definition) is 2. The van der Waals surface area contributed by atoms with E-state index < -0.39 is 0 Å². The second-order valence-corrected chi connectivity index (χ2v) is 4.48. The summed E-state index contributed by atoms with van der Waals surface area (Å²) in [5, 5.41) is 3.06. The van der Waals surface area contributed by atoms with Crippen molar-refractivity contribution in [3.63, 3.8) is 0 Å². The fourth-order valence-electron chi connectivity index (χ4n) is 2.01. The highest BCUT2D eigenvalue weighted by molar-refractivity contribution is 6.00. The standard InChI is InChI=1S/C15H21NO/c1-6-7-16-9-14(17)15-12(4)10(2)8-11(3)13(15)5/h6,8,16H,1,7,9H2,2-5H3. The highest BCUT2D eigenvalue weighted by atomic mass is 16.1. The molecule has 0 atom stereocenters. The molecule has 92 valence electrons. The average Bonchev–Trinajstić information content (AvgIpc) is 2.27. The van der Waals surface area contributed by atoms with Gasteiger partial charge in [0.2, 0.25) is 0 Å².